The maximum atomic E-state index is 12.5. The van der Waals surface area contributed by atoms with Gasteiger partial charge in [0.05, 0.1) is 6.61 Å². The first-order valence-corrected chi connectivity index (χ1v) is 5.39. The molecule has 0 N–H and O–H groups in total. The molecule has 1 aromatic rings. The van der Waals surface area contributed by atoms with E-state index in [4.69, 9.17) is 4.74 Å². The molecule has 106 valence electrons. The van der Waals surface area contributed by atoms with Gasteiger partial charge in [-0.2, -0.15) is 22.0 Å². The normalized spacial score (nSPS) is 12.3. The third-order valence-electron chi connectivity index (χ3n) is 2.31. The fraction of sp³-hybridized carbons (Fsp3) is 0.417. The summed E-state index contributed by atoms with van der Waals surface area (Å²) < 4.78 is 65.7. The number of alkyl halides is 5. The van der Waals surface area contributed by atoms with Crippen LogP contribution in [0.3, 0.4) is 0 Å². The minimum Gasteiger partial charge on any atom is -0.494 e. The van der Waals surface area contributed by atoms with Gasteiger partial charge in [-0.1, -0.05) is 12.1 Å². The van der Waals surface area contributed by atoms with Crippen molar-refractivity contribution in [1.82, 2.24) is 0 Å². The molecule has 0 aromatic heterocycles. The van der Waals surface area contributed by atoms with Crippen molar-refractivity contribution >= 4 is 6.29 Å². The molecule has 0 bridgehead atoms. The fourth-order valence-corrected chi connectivity index (χ4v) is 1.30. The molecule has 1 rings (SSSR count). The van der Waals surface area contributed by atoms with Gasteiger partial charge in [0, 0.05) is 12.0 Å². The molecule has 0 radical (unpaired) electrons. The molecular formula is C12H11F5O2. The van der Waals surface area contributed by atoms with E-state index in [1.165, 1.54) is 24.3 Å². The van der Waals surface area contributed by atoms with E-state index in [2.05, 4.69) is 0 Å². The van der Waals surface area contributed by atoms with Gasteiger partial charge < -0.3 is 4.74 Å². The molecule has 0 atom stereocenters. The monoisotopic (exact) mass is 282 g/mol. The van der Waals surface area contributed by atoms with E-state index in [-0.39, 0.29) is 12.4 Å². The third kappa shape index (κ3) is 4.50. The van der Waals surface area contributed by atoms with Crippen molar-refractivity contribution in [1.29, 1.82) is 0 Å². The second kappa shape index (κ2) is 5.99. The molecule has 0 fully saturated rings. The summed E-state index contributed by atoms with van der Waals surface area (Å²) >= 11 is 0. The Kier molecular flexibility index (Phi) is 4.85. The van der Waals surface area contributed by atoms with Gasteiger partial charge in [0.1, 0.15) is 12.0 Å². The lowest BCUT2D eigenvalue weighted by Crippen LogP contribution is -2.36. The van der Waals surface area contributed by atoms with Gasteiger partial charge in [-0.05, 0) is 18.6 Å². The number of ether oxygens (including phenoxy) is 1. The Bertz CT molecular complexity index is 428. The van der Waals surface area contributed by atoms with Crippen LogP contribution in [0, 0.1) is 0 Å². The SMILES string of the molecule is O=Cc1cccc(OCCCC(F)(F)C(F)(F)F)c1. The molecule has 0 aliphatic heterocycles. The van der Waals surface area contributed by atoms with Crippen LogP contribution in [0.25, 0.3) is 0 Å². The molecular weight excluding hydrogens is 271 g/mol. The molecule has 7 heteroatoms. The third-order valence-corrected chi connectivity index (χ3v) is 2.31. The second-order valence-corrected chi connectivity index (χ2v) is 3.84. The molecule has 0 unspecified atom stereocenters. The van der Waals surface area contributed by atoms with E-state index in [9.17, 15) is 26.7 Å². The maximum absolute atomic E-state index is 12.5. The number of carbonyl (C=O) groups is 1. The second-order valence-electron chi connectivity index (χ2n) is 3.84. The topological polar surface area (TPSA) is 26.3 Å². The minimum absolute atomic E-state index is 0.250. The van der Waals surface area contributed by atoms with Crippen molar-refractivity contribution < 1.29 is 31.5 Å². The van der Waals surface area contributed by atoms with Gasteiger partial charge in [-0.3, -0.25) is 4.79 Å². The number of hydrogen-bond donors (Lipinski definition) is 0. The fourth-order valence-electron chi connectivity index (χ4n) is 1.30. The Balaban J connectivity index is 2.41. The molecule has 19 heavy (non-hydrogen) atoms. The summed E-state index contributed by atoms with van der Waals surface area (Å²) in [5.74, 6) is -4.46. The Morgan fingerprint density at radius 1 is 1.16 bits per heavy atom. The zero-order chi connectivity index (χ0) is 14.5. The first-order chi connectivity index (χ1) is 8.76. The number of aldehydes is 1. The number of halogens is 5. The highest BCUT2D eigenvalue weighted by Gasteiger charge is 2.56. The van der Waals surface area contributed by atoms with E-state index < -0.39 is 24.9 Å². The van der Waals surface area contributed by atoms with Crippen molar-refractivity contribution in [2.75, 3.05) is 6.61 Å². The van der Waals surface area contributed by atoms with E-state index in [1.807, 2.05) is 0 Å². The predicted molar refractivity (Wildman–Crippen MR) is 57.6 cm³/mol. The molecule has 0 amide bonds. The van der Waals surface area contributed by atoms with Crippen molar-refractivity contribution in [3.05, 3.63) is 29.8 Å². The summed E-state index contributed by atoms with van der Waals surface area (Å²) in [4.78, 5) is 10.5. The first-order valence-electron chi connectivity index (χ1n) is 5.39. The van der Waals surface area contributed by atoms with Crippen LogP contribution in [0.2, 0.25) is 0 Å². The van der Waals surface area contributed by atoms with Crippen LogP contribution in [0.4, 0.5) is 22.0 Å². The highest BCUT2D eigenvalue weighted by molar-refractivity contribution is 5.75. The van der Waals surface area contributed by atoms with Crippen LogP contribution in [0.1, 0.15) is 23.2 Å². The standard InChI is InChI=1S/C12H11F5O2/c13-11(14,12(15,16)17)5-2-6-19-10-4-1-3-9(7-10)8-18/h1,3-4,7-8H,2,5-6H2. The zero-order valence-electron chi connectivity index (χ0n) is 9.71. The highest BCUT2D eigenvalue weighted by atomic mass is 19.4. The Morgan fingerprint density at radius 2 is 1.84 bits per heavy atom. The quantitative estimate of drug-likeness (QED) is 0.450. The van der Waals surface area contributed by atoms with Crippen molar-refractivity contribution in [2.24, 2.45) is 0 Å². The van der Waals surface area contributed by atoms with Crippen molar-refractivity contribution in [2.45, 2.75) is 24.9 Å². The summed E-state index contributed by atoms with van der Waals surface area (Å²) in [6.45, 7) is -0.284. The highest BCUT2D eigenvalue weighted by Crippen LogP contribution is 2.38. The predicted octanol–water partition coefficient (Wildman–Crippen LogP) is 3.86. The molecule has 0 spiro atoms. The van der Waals surface area contributed by atoms with Crippen LogP contribution in [0.5, 0.6) is 5.75 Å². The van der Waals surface area contributed by atoms with Crippen LogP contribution in [0.15, 0.2) is 24.3 Å². The number of benzene rings is 1. The lowest BCUT2D eigenvalue weighted by molar-refractivity contribution is -0.284. The summed E-state index contributed by atoms with van der Waals surface area (Å²) in [6, 6.07) is 5.88. The zero-order valence-corrected chi connectivity index (χ0v) is 9.71. The van der Waals surface area contributed by atoms with Gasteiger partial charge >= 0.3 is 12.1 Å². The Morgan fingerprint density at radius 3 is 2.42 bits per heavy atom. The van der Waals surface area contributed by atoms with E-state index in [1.54, 1.807) is 0 Å². The van der Waals surface area contributed by atoms with Gasteiger partial charge in [-0.25, -0.2) is 0 Å². The Labute approximate surface area is 106 Å². The Hall–Kier alpha value is -1.66. The lowest BCUT2D eigenvalue weighted by Gasteiger charge is -2.19. The average Bonchev–Trinajstić information content (AvgIpc) is 2.33. The van der Waals surface area contributed by atoms with Crippen LogP contribution in [-0.2, 0) is 0 Å². The van der Waals surface area contributed by atoms with Crippen LogP contribution in [-0.4, -0.2) is 25.0 Å². The summed E-state index contributed by atoms with van der Waals surface area (Å²) in [5.41, 5.74) is 0.332. The molecule has 1 aromatic carbocycles. The van der Waals surface area contributed by atoms with Crippen LogP contribution < -0.4 is 4.74 Å². The van der Waals surface area contributed by atoms with Gasteiger partial charge in [-0.15, -0.1) is 0 Å². The molecule has 0 heterocycles. The summed E-state index contributed by atoms with van der Waals surface area (Å²) in [7, 11) is 0. The molecule has 2 nitrogen and oxygen atoms in total. The minimum atomic E-state index is -5.54. The van der Waals surface area contributed by atoms with E-state index in [0.717, 1.165) is 0 Å². The summed E-state index contributed by atoms with van der Waals surface area (Å²) in [5, 5.41) is 0. The van der Waals surface area contributed by atoms with E-state index in [0.29, 0.717) is 11.8 Å². The largest absolute Gasteiger partial charge is 0.494 e. The van der Waals surface area contributed by atoms with E-state index >= 15 is 0 Å². The van der Waals surface area contributed by atoms with Gasteiger partial charge in [0.15, 0.2) is 0 Å². The van der Waals surface area contributed by atoms with Crippen molar-refractivity contribution in [3.63, 3.8) is 0 Å². The molecule has 0 saturated heterocycles. The number of carbonyl (C=O) groups excluding carboxylic acids is 1. The number of hydrogen-bond acceptors (Lipinski definition) is 2. The van der Waals surface area contributed by atoms with Gasteiger partial charge in [0.25, 0.3) is 0 Å². The number of rotatable bonds is 6. The summed E-state index contributed by atoms with van der Waals surface area (Å²) in [6.07, 6.45) is -6.74. The maximum Gasteiger partial charge on any atom is 0.453 e. The average molecular weight is 282 g/mol. The molecule has 0 aliphatic rings. The molecule has 0 aliphatic carbocycles. The lowest BCUT2D eigenvalue weighted by atomic mass is 10.2. The molecule has 0 saturated carbocycles. The smallest absolute Gasteiger partial charge is 0.453 e. The van der Waals surface area contributed by atoms with Crippen LogP contribution >= 0.6 is 0 Å². The first kappa shape index (κ1) is 15.4. The van der Waals surface area contributed by atoms with Crippen molar-refractivity contribution in [3.8, 4) is 5.75 Å². The van der Waals surface area contributed by atoms with Gasteiger partial charge in [0.2, 0.25) is 0 Å².